The van der Waals surface area contributed by atoms with Crippen molar-refractivity contribution in [3.8, 4) is 0 Å². The lowest BCUT2D eigenvalue weighted by Gasteiger charge is -2.08. The molecule has 0 bridgehead atoms. The summed E-state index contributed by atoms with van der Waals surface area (Å²) >= 11 is 0. The molecule has 5 nitrogen and oxygen atoms in total. The summed E-state index contributed by atoms with van der Waals surface area (Å²) in [5.74, 6) is 0.228. The van der Waals surface area contributed by atoms with Crippen molar-refractivity contribution in [2.45, 2.75) is 27.3 Å². The number of nitrogens with one attached hydrogen (secondary N) is 1. The molecule has 0 saturated carbocycles. The van der Waals surface area contributed by atoms with Gasteiger partial charge in [-0.1, -0.05) is 24.3 Å². The molecule has 5 heteroatoms. The molecular weight excluding hydrogens is 282 g/mol. The maximum Gasteiger partial charge on any atom is 0.342 e. The van der Waals surface area contributed by atoms with Crippen molar-refractivity contribution >= 4 is 11.9 Å². The molecule has 2 aromatic rings. The number of amides is 1. The standard InChI is InChI=1S/C17H19NO4/c1-11-6-4-5-7-14(11)9-18-16(19)10-21-17(20)15-8-12(2)22-13(15)3/h4-8H,9-10H2,1-3H3,(H,18,19). The van der Waals surface area contributed by atoms with Gasteiger partial charge in [0.15, 0.2) is 6.61 Å². The van der Waals surface area contributed by atoms with Crippen molar-refractivity contribution in [2.24, 2.45) is 0 Å². The third kappa shape index (κ3) is 3.97. The lowest BCUT2D eigenvalue weighted by atomic mass is 10.1. The summed E-state index contributed by atoms with van der Waals surface area (Å²) in [5, 5.41) is 2.73. The van der Waals surface area contributed by atoms with Crippen LogP contribution in [0, 0.1) is 20.8 Å². The third-order valence-electron chi connectivity index (χ3n) is 3.33. The minimum Gasteiger partial charge on any atom is -0.466 e. The van der Waals surface area contributed by atoms with E-state index in [1.54, 1.807) is 19.9 Å². The Labute approximate surface area is 129 Å². The summed E-state index contributed by atoms with van der Waals surface area (Å²) in [5.41, 5.74) is 2.48. The van der Waals surface area contributed by atoms with E-state index in [2.05, 4.69) is 5.32 Å². The second kappa shape index (κ2) is 6.93. The highest BCUT2D eigenvalue weighted by Gasteiger charge is 2.16. The molecule has 1 N–H and O–H groups in total. The molecule has 0 radical (unpaired) electrons. The molecule has 0 aliphatic carbocycles. The van der Waals surface area contributed by atoms with Crippen molar-refractivity contribution in [1.82, 2.24) is 5.32 Å². The van der Waals surface area contributed by atoms with Crippen molar-refractivity contribution in [1.29, 1.82) is 0 Å². The van der Waals surface area contributed by atoms with Gasteiger partial charge in [-0.2, -0.15) is 0 Å². The van der Waals surface area contributed by atoms with Crippen molar-refractivity contribution in [3.63, 3.8) is 0 Å². The van der Waals surface area contributed by atoms with E-state index in [0.29, 0.717) is 23.6 Å². The van der Waals surface area contributed by atoms with Gasteiger partial charge in [0.05, 0.1) is 0 Å². The topological polar surface area (TPSA) is 68.5 Å². The summed E-state index contributed by atoms with van der Waals surface area (Å²) in [6, 6.07) is 9.38. The third-order valence-corrected chi connectivity index (χ3v) is 3.33. The fourth-order valence-corrected chi connectivity index (χ4v) is 2.10. The van der Waals surface area contributed by atoms with Gasteiger partial charge in [0, 0.05) is 6.54 Å². The largest absolute Gasteiger partial charge is 0.466 e. The Morgan fingerprint density at radius 2 is 1.91 bits per heavy atom. The number of carbonyl (C=O) groups excluding carboxylic acids is 2. The highest BCUT2D eigenvalue weighted by Crippen LogP contribution is 2.14. The van der Waals surface area contributed by atoms with Crippen LogP contribution in [0.2, 0.25) is 0 Å². The first-order valence-corrected chi connectivity index (χ1v) is 7.02. The Bertz CT molecular complexity index is 688. The molecule has 1 aromatic heterocycles. The normalized spacial score (nSPS) is 10.3. The minimum absolute atomic E-state index is 0.311. The van der Waals surface area contributed by atoms with Gasteiger partial charge in [-0.05, 0) is 38.0 Å². The fourth-order valence-electron chi connectivity index (χ4n) is 2.10. The van der Waals surface area contributed by atoms with Crippen LogP contribution >= 0.6 is 0 Å². The van der Waals surface area contributed by atoms with Gasteiger partial charge in [-0.3, -0.25) is 4.79 Å². The number of furan rings is 1. The molecule has 0 aliphatic heterocycles. The van der Waals surface area contributed by atoms with Gasteiger partial charge in [0.2, 0.25) is 0 Å². The number of aryl methyl sites for hydroxylation is 3. The fraction of sp³-hybridized carbons (Fsp3) is 0.294. The van der Waals surface area contributed by atoms with E-state index < -0.39 is 5.97 Å². The average molecular weight is 301 g/mol. The summed E-state index contributed by atoms with van der Waals surface area (Å²) in [6.45, 7) is 5.51. The zero-order chi connectivity index (χ0) is 16.1. The first-order valence-electron chi connectivity index (χ1n) is 7.02. The van der Waals surface area contributed by atoms with Gasteiger partial charge in [0.1, 0.15) is 17.1 Å². The Balaban J connectivity index is 1.82. The minimum atomic E-state index is -0.555. The molecule has 2 rings (SSSR count). The molecule has 0 fully saturated rings. The van der Waals surface area contributed by atoms with Crippen molar-refractivity contribution < 1.29 is 18.7 Å². The number of hydrogen-bond acceptors (Lipinski definition) is 4. The molecule has 22 heavy (non-hydrogen) atoms. The molecular formula is C17H19NO4. The quantitative estimate of drug-likeness (QED) is 0.862. The second-order valence-electron chi connectivity index (χ2n) is 5.11. The molecule has 1 amide bonds. The lowest BCUT2D eigenvalue weighted by Crippen LogP contribution is -2.28. The smallest absolute Gasteiger partial charge is 0.342 e. The van der Waals surface area contributed by atoms with E-state index in [1.165, 1.54) is 0 Å². The van der Waals surface area contributed by atoms with E-state index in [0.717, 1.165) is 11.1 Å². The Morgan fingerprint density at radius 3 is 2.55 bits per heavy atom. The van der Waals surface area contributed by atoms with Gasteiger partial charge < -0.3 is 14.5 Å². The first-order chi connectivity index (χ1) is 10.5. The van der Waals surface area contributed by atoms with Crippen LogP contribution < -0.4 is 5.32 Å². The highest BCUT2D eigenvalue weighted by atomic mass is 16.5. The molecule has 0 spiro atoms. The van der Waals surface area contributed by atoms with Gasteiger partial charge in [-0.15, -0.1) is 0 Å². The molecule has 0 unspecified atom stereocenters. The maximum atomic E-state index is 11.8. The molecule has 0 aliphatic rings. The molecule has 0 atom stereocenters. The monoisotopic (exact) mass is 301 g/mol. The van der Waals surface area contributed by atoms with E-state index in [9.17, 15) is 9.59 Å². The molecule has 1 heterocycles. The molecule has 0 saturated heterocycles. The Morgan fingerprint density at radius 1 is 1.18 bits per heavy atom. The van der Waals surface area contributed by atoms with Crippen LogP contribution in [0.3, 0.4) is 0 Å². The number of carbonyl (C=O) groups is 2. The van der Waals surface area contributed by atoms with Crippen LogP contribution in [0.1, 0.15) is 33.0 Å². The molecule has 1 aromatic carbocycles. The van der Waals surface area contributed by atoms with Gasteiger partial charge >= 0.3 is 5.97 Å². The van der Waals surface area contributed by atoms with E-state index in [-0.39, 0.29) is 12.5 Å². The predicted molar refractivity (Wildman–Crippen MR) is 81.5 cm³/mol. The van der Waals surface area contributed by atoms with Crippen LogP contribution in [-0.4, -0.2) is 18.5 Å². The molecule has 116 valence electrons. The summed E-state index contributed by atoms with van der Waals surface area (Å²) in [4.78, 5) is 23.6. The average Bonchev–Trinajstić information content (AvgIpc) is 2.82. The number of esters is 1. The van der Waals surface area contributed by atoms with E-state index in [1.807, 2.05) is 31.2 Å². The number of hydrogen-bond donors (Lipinski definition) is 1. The van der Waals surface area contributed by atoms with E-state index in [4.69, 9.17) is 9.15 Å². The van der Waals surface area contributed by atoms with Crippen LogP contribution in [0.5, 0.6) is 0 Å². The summed E-state index contributed by atoms with van der Waals surface area (Å²) in [7, 11) is 0. The first kappa shape index (κ1) is 15.8. The van der Waals surface area contributed by atoms with E-state index >= 15 is 0 Å². The predicted octanol–water partition coefficient (Wildman–Crippen LogP) is 2.68. The summed E-state index contributed by atoms with van der Waals surface area (Å²) < 4.78 is 10.3. The van der Waals surface area contributed by atoms with Crippen molar-refractivity contribution in [2.75, 3.05) is 6.61 Å². The van der Waals surface area contributed by atoms with Gasteiger partial charge in [-0.25, -0.2) is 4.79 Å². The maximum absolute atomic E-state index is 11.8. The van der Waals surface area contributed by atoms with Crippen LogP contribution in [-0.2, 0) is 16.1 Å². The number of benzene rings is 1. The number of ether oxygens (including phenoxy) is 1. The SMILES string of the molecule is Cc1cc(C(=O)OCC(=O)NCc2ccccc2C)c(C)o1. The highest BCUT2D eigenvalue weighted by molar-refractivity contribution is 5.92. The lowest BCUT2D eigenvalue weighted by molar-refractivity contribution is -0.124. The summed E-state index contributed by atoms with van der Waals surface area (Å²) in [6.07, 6.45) is 0. The van der Waals surface area contributed by atoms with Crippen LogP contribution in [0.25, 0.3) is 0 Å². The van der Waals surface area contributed by atoms with Crippen molar-refractivity contribution in [3.05, 3.63) is 58.5 Å². The van der Waals surface area contributed by atoms with Gasteiger partial charge in [0.25, 0.3) is 5.91 Å². The Hall–Kier alpha value is -2.56. The second-order valence-corrected chi connectivity index (χ2v) is 5.11. The van der Waals surface area contributed by atoms with Crippen LogP contribution in [0.4, 0.5) is 0 Å². The number of rotatable bonds is 5. The zero-order valence-corrected chi connectivity index (χ0v) is 12.9. The zero-order valence-electron chi connectivity index (χ0n) is 12.9. The van der Waals surface area contributed by atoms with Crippen LogP contribution in [0.15, 0.2) is 34.7 Å². The Kier molecular flexibility index (Phi) is 4.99.